The van der Waals surface area contributed by atoms with Crippen molar-refractivity contribution in [1.82, 2.24) is 24.4 Å². The lowest BCUT2D eigenvalue weighted by molar-refractivity contribution is 0.414. The lowest BCUT2D eigenvalue weighted by Gasteiger charge is -2.28. The third-order valence-corrected chi connectivity index (χ3v) is 6.77. The number of benzene rings is 2. The molecule has 0 spiro atoms. The van der Waals surface area contributed by atoms with Gasteiger partial charge in [-0.05, 0) is 51.4 Å². The van der Waals surface area contributed by atoms with Crippen LogP contribution in [-0.4, -0.2) is 71.4 Å². The molecule has 0 saturated heterocycles. The third kappa shape index (κ3) is 5.15. The van der Waals surface area contributed by atoms with Gasteiger partial charge in [-0.25, -0.2) is 9.37 Å². The van der Waals surface area contributed by atoms with E-state index in [0.29, 0.717) is 5.95 Å². The van der Waals surface area contributed by atoms with Crippen LogP contribution in [0.2, 0.25) is 0 Å². The molecule has 9 heteroatoms. The third-order valence-electron chi connectivity index (χ3n) is 6.77. The van der Waals surface area contributed by atoms with Gasteiger partial charge in [-0.15, -0.1) is 0 Å². The standard InChI is InChI=1S/C29H35FN8/c1-5-38(17-16-36(2)3)26-11-10-20(18-24(26)31-15-13-30)33-29-34-27(22-12-14-32-28(22)35-29)23-19-37(4)25-9-7-6-8-21(23)25/h6-12,14,18-19,31H,5,13,15-17H2,1-4H3,(H2,32,33,34,35). The van der Waals surface area contributed by atoms with Gasteiger partial charge in [0.15, 0.2) is 0 Å². The van der Waals surface area contributed by atoms with E-state index in [1.54, 1.807) is 0 Å². The minimum Gasteiger partial charge on any atom is -0.381 e. The topological polar surface area (TPSA) is 77.0 Å². The second-order valence-electron chi connectivity index (χ2n) is 9.66. The number of hydrogen-bond donors (Lipinski definition) is 3. The Hall–Kier alpha value is -4.11. The first-order chi connectivity index (χ1) is 18.5. The lowest BCUT2D eigenvalue weighted by atomic mass is 10.1. The number of para-hydroxylation sites is 1. The van der Waals surface area contributed by atoms with Crippen molar-refractivity contribution in [1.29, 1.82) is 0 Å². The van der Waals surface area contributed by atoms with E-state index in [0.717, 1.165) is 69.9 Å². The number of anilines is 4. The number of fused-ring (bicyclic) bond motifs is 2. The Kier molecular flexibility index (Phi) is 7.46. The molecule has 38 heavy (non-hydrogen) atoms. The van der Waals surface area contributed by atoms with E-state index in [9.17, 15) is 4.39 Å². The summed E-state index contributed by atoms with van der Waals surface area (Å²) in [6.45, 7) is 4.60. The Balaban J connectivity index is 1.52. The Morgan fingerprint density at radius 3 is 2.66 bits per heavy atom. The first kappa shape index (κ1) is 25.5. The van der Waals surface area contributed by atoms with Crippen LogP contribution in [0.5, 0.6) is 0 Å². The summed E-state index contributed by atoms with van der Waals surface area (Å²) in [5.74, 6) is 0.493. The van der Waals surface area contributed by atoms with Crippen molar-refractivity contribution in [3.63, 3.8) is 0 Å². The zero-order chi connectivity index (χ0) is 26.6. The van der Waals surface area contributed by atoms with Gasteiger partial charge in [-0.2, -0.15) is 4.98 Å². The molecule has 3 N–H and O–H groups in total. The number of H-pyrrole nitrogens is 1. The fraction of sp³-hybridized carbons (Fsp3) is 0.310. The minimum atomic E-state index is -0.443. The molecule has 5 aromatic rings. The summed E-state index contributed by atoms with van der Waals surface area (Å²) in [6, 6.07) is 16.4. The zero-order valence-electron chi connectivity index (χ0n) is 22.4. The van der Waals surface area contributed by atoms with Crippen LogP contribution in [0.1, 0.15) is 6.92 Å². The van der Waals surface area contributed by atoms with Crippen LogP contribution in [0, 0.1) is 0 Å². The number of aromatic amines is 1. The van der Waals surface area contributed by atoms with Crippen molar-refractivity contribution in [3.8, 4) is 11.3 Å². The molecule has 0 aliphatic carbocycles. The summed E-state index contributed by atoms with van der Waals surface area (Å²) in [7, 11) is 6.18. The fourth-order valence-electron chi connectivity index (χ4n) is 4.84. The van der Waals surface area contributed by atoms with Crippen molar-refractivity contribution in [3.05, 3.63) is 60.9 Å². The minimum absolute atomic E-state index is 0.248. The highest BCUT2D eigenvalue weighted by atomic mass is 19.1. The first-order valence-corrected chi connectivity index (χ1v) is 13.0. The number of rotatable bonds is 11. The summed E-state index contributed by atoms with van der Waals surface area (Å²) in [5.41, 5.74) is 6.58. The molecule has 3 aromatic heterocycles. The van der Waals surface area contributed by atoms with Crippen molar-refractivity contribution in [2.24, 2.45) is 7.05 Å². The number of nitrogens with one attached hydrogen (secondary N) is 3. The van der Waals surface area contributed by atoms with Gasteiger partial charge in [0.2, 0.25) is 5.95 Å². The van der Waals surface area contributed by atoms with Crippen molar-refractivity contribution < 1.29 is 4.39 Å². The highest BCUT2D eigenvalue weighted by molar-refractivity contribution is 6.02. The van der Waals surface area contributed by atoms with Crippen LogP contribution < -0.4 is 15.5 Å². The molecular weight excluding hydrogens is 479 g/mol. The van der Waals surface area contributed by atoms with E-state index in [4.69, 9.17) is 9.97 Å². The van der Waals surface area contributed by atoms with Crippen molar-refractivity contribution >= 4 is 44.9 Å². The van der Waals surface area contributed by atoms with E-state index < -0.39 is 6.67 Å². The van der Waals surface area contributed by atoms with Gasteiger partial charge < -0.3 is 30.0 Å². The Morgan fingerprint density at radius 1 is 1.03 bits per heavy atom. The molecule has 8 nitrogen and oxygen atoms in total. The molecule has 0 radical (unpaired) electrons. The normalized spacial score (nSPS) is 11.5. The number of alkyl halides is 1. The van der Waals surface area contributed by atoms with Crippen LogP contribution in [-0.2, 0) is 7.05 Å². The maximum absolute atomic E-state index is 13.1. The van der Waals surface area contributed by atoms with Gasteiger partial charge >= 0.3 is 0 Å². The number of aromatic nitrogens is 4. The molecule has 3 heterocycles. The number of halogens is 1. The predicted molar refractivity (Wildman–Crippen MR) is 156 cm³/mol. The lowest BCUT2D eigenvalue weighted by Crippen LogP contribution is -2.32. The maximum Gasteiger partial charge on any atom is 0.229 e. The second kappa shape index (κ2) is 11.1. The average Bonchev–Trinajstić information content (AvgIpc) is 3.52. The van der Waals surface area contributed by atoms with Crippen LogP contribution >= 0.6 is 0 Å². The largest absolute Gasteiger partial charge is 0.381 e. The summed E-state index contributed by atoms with van der Waals surface area (Å²) in [6.07, 6.45) is 4.00. The van der Waals surface area contributed by atoms with Gasteiger partial charge in [-0.1, -0.05) is 18.2 Å². The van der Waals surface area contributed by atoms with E-state index in [1.807, 2.05) is 43.6 Å². The summed E-state index contributed by atoms with van der Waals surface area (Å²) in [5, 5.41) is 8.75. The smallest absolute Gasteiger partial charge is 0.229 e. The molecule has 0 fully saturated rings. The van der Waals surface area contributed by atoms with Gasteiger partial charge in [-0.3, -0.25) is 0 Å². The molecular formula is C29H35FN8. The molecule has 0 aliphatic heterocycles. The van der Waals surface area contributed by atoms with Crippen LogP contribution in [0.25, 0.3) is 33.2 Å². The predicted octanol–water partition coefficient (Wildman–Crippen LogP) is 5.63. The van der Waals surface area contributed by atoms with Gasteiger partial charge in [0.1, 0.15) is 12.3 Å². The molecule has 0 bridgehead atoms. The van der Waals surface area contributed by atoms with Crippen LogP contribution in [0.3, 0.4) is 0 Å². The molecule has 198 valence electrons. The maximum atomic E-state index is 13.1. The number of hydrogen-bond acceptors (Lipinski definition) is 6. The molecule has 0 unspecified atom stereocenters. The monoisotopic (exact) mass is 514 g/mol. The number of nitrogens with zero attached hydrogens (tertiary/aromatic N) is 5. The van der Waals surface area contributed by atoms with E-state index in [1.165, 1.54) is 0 Å². The van der Waals surface area contributed by atoms with E-state index in [-0.39, 0.29) is 6.54 Å². The van der Waals surface area contributed by atoms with E-state index >= 15 is 0 Å². The molecule has 2 aromatic carbocycles. The highest BCUT2D eigenvalue weighted by Crippen LogP contribution is 2.35. The van der Waals surface area contributed by atoms with Gasteiger partial charge in [0.05, 0.1) is 17.1 Å². The van der Waals surface area contributed by atoms with Gasteiger partial charge in [0, 0.05) is 73.2 Å². The number of likely N-dealkylation sites (N-methyl/N-ethyl adjacent to an activating group) is 2. The Morgan fingerprint density at radius 2 is 1.87 bits per heavy atom. The van der Waals surface area contributed by atoms with E-state index in [2.05, 4.69) is 75.4 Å². The Labute approximate surface area is 222 Å². The first-order valence-electron chi connectivity index (χ1n) is 13.0. The van der Waals surface area contributed by atoms with Crippen LogP contribution in [0.4, 0.5) is 27.4 Å². The SMILES string of the molecule is CCN(CCN(C)C)c1ccc(Nc2nc(-c3cn(C)c4ccccc34)c3cc[nH]c3n2)cc1NCCF. The molecule has 0 saturated carbocycles. The second-order valence-corrected chi connectivity index (χ2v) is 9.66. The molecule has 5 rings (SSSR count). The average molecular weight is 515 g/mol. The van der Waals surface area contributed by atoms with Gasteiger partial charge in [0.25, 0.3) is 0 Å². The molecule has 0 atom stereocenters. The molecule has 0 aliphatic rings. The Bertz CT molecular complexity index is 1540. The quantitative estimate of drug-likeness (QED) is 0.212. The zero-order valence-corrected chi connectivity index (χ0v) is 22.4. The summed E-state index contributed by atoms with van der Waals surface area (Å²) in [4.78, 5) is 17.4. The van der Waals surface area contributed by atoms with Crippen LogP contribution in [0.15, 0.2) is 60.9 Å². The van der Waals surface area contributed by atoms with Crippen molar-refractivity contribution in [2.75, 3.05) is 62.5 Å². The summed E-state index contributed by atoms with van der Waals surface area (Å²) < 4.78 is 15.2. The number of aryl methyl sites for hydroxylation is 1. The fourth-order valence-corrected chi connectivity index (χ4v) is 4.84. The highest BCUT2D eigenvalue weighted by Gasteiger charge is 2.17. The van der Waals surface area contributed by atoms with Crippen molar-refractivity contribution in [2.45, 2.75) is 6.92 Å². The summed E-state index contributed by atoms with van der Waals surface area (Å²) >= 11 is 0. The molecule has 0 amide bonds.